The number of likely N-dealkylation sites (N-methyl/N-ethyl adjacent to an activating group) is 1. The Labute approximate surface area is 149 Å². The molecule has 0 aliphatic carbocycles. The largest absolute Gasteiger partial charge is 0.302 e. The molecule has 1 aromatic carbocycles. The summed E-state index contributed by atoms with van der Waals surface area (Å²) in [5.74, 6) is 0. The predicted octanol–water partition coefficient (Wildman–Crippen LogP) is 4.03. The van der Waals surface area contributed by atoms with Crippen LogP contribution in [-0.2, 0) is 25.9 Å². The van der Waals surface area contributed by atoms with Crippen molar-refractivity contribution in [1.82, 2.24) is 14.8 Å². The number of nitrogens with zero attached hydrogens (tertiary/aromatic N) is 3. The Bertz CT molecular complexity index is 765. The zero-order valence-electron chi connectivity index (χ0n) is 14.7. The van der Waals surface area contributed by atoms with Crippen molar-refractivity contribution in [3.63, 3.8) is 0 Å². The summed E-state index contributed by atoms with van der Waals surface area (Å²) in [6.07, 6.45) is 4.82. The van der Waals surface area contributed by atoms with Gasteiger partial charge in [0.25, 0.3) is 0 Å². The van der Waals surface area contributed by atoms with Gasteiger partial charge in [0, 0.05) is 30.6 Å². The molecule has 0 bridgehead atoms. The van der Waals surface area contributed by atoms with Gasteiger partial charge in [-0.15, -0.1) is 0 Å². The Morgan fingerprint density at radius 1 is 1.08 bits per heavy atom. The van der Waals surface area contributed by atoms with Gasteiger partial charge in [0.2, 0.25) is 0 Å². The highest BCUT2D eigenvalue weighted by atomic mass is 35.5. The highest BCUT2D eigenvalue weighted by molar-refractivity contribution is 6.30. The van der Waals surface area contributed by atoms with Crippen LogP contribution in [0.3, 0.4) is 0 Å². The van der Waals surface area contributed by atoms with Crippen LogP contribution in [0, 0.1) is 0 Å². The lowest BCUT2D eigenvalue weighted by Gasteiger charge is -2.27. The van der Waals surface area contributed by atoms with E-state index in [9.17, 15) is 0 Å². The first kappa shape index (κ1) is 16.3. The lowest BCUT2D eigenvalue weighted by molar-refractivity contribution is 0.313. The third kappa shape index (κ3) is 2.94. The van der Waals surface area contributed by atoms with Gasteiger partial charge in [-0.2, -0.15) is 0 Å². The van der Waals surface area contributed by atoms with Crippen molar-refractivity contribution in [3.8, 4) is 0 Å². The number of hydrogen-bond acceptors (Lipinski definition) is 3. The van der Waals surface area contributed by atoms with E-state index >= 15 is 0 Å². The minimum atomic E-state index is 0.695. The number of hydrogen-bond donors (Lipinski definition) is 0. The summed E-state index contributed by atoms with van der Waals surface area (Å²) in [5.41, 5.74) is 6.63. The molecule has 0 N–H and O–H groups in total. The molecule has 1 aromatic heterocycles. The lowest BCUT2D eigenvalue weighted by atomic mass is 9.93. The average molecular weight is 344 g/mol. The second kappa shape index (κ2) is 6.62. The van der Waals surface area contributed by atoms with Crippen LogP contribution in [0.5, 0.6) is 0 Å². The Morgan fingerprint density at radius 3 is 2.62 bits per heavy atom. The predicted molar refractivity (Wildman–Crippen MR) is 101 cm³/mol. The molecule has 1 fully saturated rings. The van der Waals surface area contributed by atoms with Crippen molar-refractivity contribution in [2.75, 3.05) is 26.7 Å². The molecule has 1 saturated heterocycles. The van der Waals surface area contributed by atoms with Crippen LogP contribution in [0.2, 0.25) is 5.15 Å². The van der Waals surface area contributed by atoms with Crippen LogP contribution < -0.4 is 0 Å². The molecule has 24 heavy (non-hydrogen) atoms. The Morgan fingerprint density at radius 2 is 1.88 bits per heavy atom. The molecule has 0 unspecified atom stereocenters. The highest BCUT2D eigenvalue weighted by Crippen LogP contribution is 2.33. The number of halogens is 1. The molecule has 2 aliphatic rings. The molecule has 0 saturated carbocycles. The van der Waals surface area contributed by atoms with Crippen LogP contribution in [-0.4, -0.2) is 41.5 Å². The summed E-state index contributed by atoms with van der Waals surface area (Å²) in [5, 5.41) is 2.02. The molecular formula is C20H26ClN3. The van der Waals surface area contributed by atoms with Crippen molar-refractivity contribution in [2.24, 2.45) is 0 Å². The SMILES string of the molecule is CCc1cc2c3c(c(Cl)nc2cc1CN1CCCC1)CN(C)CC3. The monoisotopic (exact) mass is 343 g/mol. The van der Waals surface area contributed by atoms with Crippen molar-refractivity contribution >= 4 is 22.5 Å². The van der Waals surface area contributed by atoms with E-state index in [4.69, 9.17) is 16.6 Å². The molecule has 3 nitrogen and oxygen atoms in total. The number of pyridine rings is 1. The van der Waals surface area contributed by atoms with E-state index in [0.717, 1.165) is 38.0 Å². The maximum Gasteiger partial charge on any atom is 0.134 e. The molecule has 4 heteroatoms. The number of aromatic nitrogens is 1. The van der Waals surface area contributed by atoms with Crippen LogP contribution in [0.4, 0.5) is 0 Å². The van der Waals surface area contributed by atoms with E-state index in [1.165, 1.54) is 53.6 Å². The standard InChI is InChI=1S/C20H26ClN3/c1-3-14-10-17-16-6-9-23(2)13-18(16)20(21)22-19(17)11-15(14)12-24-7-4-5-8-24/h10-11H,3-9,12-13H2,1-2H3. The van der Waals surface area contributed by atoms with Gasteiger partial charge < -0.3 is 4.90 Å². The van der Waals surface area contributed by atoms with Crippen molar-refractivity contribution < 1.29 is 0 Å². The number of fused-ring (bicyclic) bond motifs is 3. The summed E-state index contributed by atoms with van der Waals surface area (Å²) in [7, 11) is 2.15. The van der Waals surface area contributed by atoms with E-state index in [1.807, 2.05) is 0 Å². The molecule has 3 heterocycles. The second-order valence-corrected chi connectivity index (χ2v) is 7.68. The van der Waals surface area contributed by atoms with Gasteiger partial charge in [-0.3, -0.25) is 4.90 Å². The zero-order chi connectivity index (χ0) is 16.7. The van der Waals surface area contributed by atoms with Gasteiger partial charge >= 0.3 is 0 Å². The highest BCUT2D eigenvalue weighted by Gasteiger charge is 2.21. The molecule has 0 atom stereocenters. The fraction of sp³-hybridized carbons (Fsp3) is 0.550. The zero-order valence-corrected chi connectivity index (χ0v) is 15.5. The van der Waals surface area contributed by atoms with Gasteiger partial charge in [-0.1, -0.05) is 18.5 Å². The molecule has 4 rings (SSSR count). The number of rotatable bonds is 3. The van der Waals surface area contributed by atoms with Gasteiger partial charge in [-0.25, -0.2) is 4.98 Å². The van der Waals surface area contributed by atoms with E-state index < -0.39 is 0 Å². The third-order valence-corrected chi connectivity index (χ3v) is 5.93. The van der Waals surface area contributed by atoms with Crippen molar-refractivity contribution in [3.05, 3.63) is 39.5 Å². The third-order valence-electron chi connectivity index (χ3n) is 5.62. The molecule has 0 amide bonds. The summed E-state index contributed by atoms with van der Waals surface area (Å²) in [6, 6.07) is 4.70. The number of likely N-dealkylation sites (tertiary alicyclic amines) is 1. The van der Waals surface area contributed by atoms with Crippen LogP contribution in [0.15, 0.2) is 12.1 Å². The van der Waals surface area contributed by atoms with E-state index in [0.29, 0.717) is 5.15 Å². The Kier molecular flexibility index (Phi) is 4.50. The van der Waals surface area contributed by atoms with Crippen molar-refractivity contribution in [1.29, 1.82) is 0 Å². The quantitative estimate of drug-likeness (QED) is 0.784. The molecule has 2 aromatic rings. The maximum absolute atomic E-state index is 6.53. The minimum absolute atomic E-state index is 0.695. The Hall–Kier alpha value is -1.16. The second-order valence-electron chi connectivity index (χ2n) is 7.32. The van der Waals surface area contributed by atoms with Crippen LogP contribution in [0.25, 0.3) is 10.9 Å². The molecule has 128 valence electrons. The fourth-order valence-electron chi connectivity index (χ4n) is 4.23. The molecular weight excluding hydrogens is 318 g/mol. The topological polar surface area (TPSA) is 19.4 Å². The van der Waals surface area contributed by atoms with Gasteiger partial charge in [0.15, 0.2) is 0 Å². The van der Waals surface area contributed by atoms with Gasteiger partial charge in [0.1, 0.15) is 5.15 Å². The molecule has 0 radical (unpaired) electrons. The van der Waals surface area contributed by atoms with E-state index in [2.05, 4.69) is 35.9 Å². The van der Waals surface area contributed by atoms with Gasteiger partial charge in [0.05, 0.1) is 5.52 Å². The minimum Gasteiger partial charge on any atom is -0.302 e. The van der Waals surface area contributed by atoms with Crippen LogP contribution >= 0.6 is 11.6 Å². The summed E-state index contributed by atoms with van der Waals surface area (Å²) < 4.78 is 0. The smallest absolute Gasteiger partial charge is 0.134 e. The lowest BCUT2D eigenvalue weighted by Crippen LogP contribution is -2.27. The number of benzene rings is 1. The molecule has 2 aliphatic heterocycles. The average Bonchev–Trinajstić information content (AvgIpc) is 3.08. The normalized spacial score (nSPS) is 19.1. The first-order chi connectivity index (χ1) is 11.7. The summed E-state index contributed by atoms with van der Waals surface area (Å²) in [4.78, 5) is 9.64. The van der Waals surface area contributed by atoms with Gasteiger partial charge in [-0.05, 0) is 74.6 Å². The van der Waals surface area contributed by atoms with Crippen LogP contribution in [0.1, 0.15) is 42.0 Å². The summed E-state index contributed by atoms with van der Waals surface area (Å²) in [6.45, 7) is 7.78. The fourth-order valence-corrected chi connectivity index (χ4v) is 4.49. The number of aryl methyl sites for hydroxylation is 1. The Balaban J connectivity index is 1.81. The first-order valence-corrected chi connectivity index (χ1v) is 9.57. The van der Waals surface area contributed by atoms with E-state index in [-0.39, 0.29) is 0 Å². The molecule has 0 spiro atoms. The van der Waals surface area contributed by atoms with Crippen molar-refractivity contribution in [2.45, 2.75) is 45.7 Å². The summed E-state index contributed by atoms with van der Waals surface area (Å²) >= 11 is 6.53. The first-order valence-electron chi connectivity index (χ1n) is 9.19. The van der Waals surface area contributed by atoms with E-state index in [1.54, 1.807) is 0 Å². The maximum atomic E-state index is 6.53.